The number of methoxy groups -OCH3 is 2. The fourth-order valence-corrected chi connectivity index (χ4v) is 2.50. The molecule has 0 spiro atoms. The molecule has 2 aromatic carbocycles. The van der Waals surface area contributed by atoms with Crippen molar-refractivity contribution in [3.63, 3.8) is 0 Å². The molecule has 0 aliphatic rings. The van der Waals surface area contributed by atoms with Crippen molar-refractivity contribution in [2.45, 2.75) is 0 Å². The second-order valence-electron chi connectivity index (χ2n) is 5.63. The highest BCUT2D eigenvalue weighted by Crippen LogP contribution is 2.28. The Bertz CT molecular complexity index is 966. The van der Waals surface area contributed by atoms with Crippen molar-refractivity contribution in [2.24, 2.45) is 0 Å². The number of ether oxygens (including phenoxy) is 3. The third-order valence-corrected chi connectivity index (χ3v) is 3.87. The number of carbonyl (C=O) groups is 2. The molecule has 0 radical (unpaired) electrons. The van der Waals surface area contributed by atoms with E-state index in [-0.39, 0.29) is 5.76 Å². The molecule has 0 aliphatic heterocycles. The molecule has 0 amide bonds. The van der Waals surface area contributed by atoms with Gasteiger partial charge in [-0.3, -0.25) is 4.79 Å². The lowest BCUT2D eigenvalue weighted by molar-refractivity contribution is -0.136. The Morgan fingerprint density at radius 1 is 1.00 bits per heavy atom. The molecule has 6 heteroatoms. The van der Waals surface area contributed by atoms with Crippen molar-refractivity contribution < 1.29 is 28.2 Å². The highest BCUT2D eigenvalue weighted by Gasteiger charge is 2.14. The lowest BCUT2D eigenvalue weighted by Gasteiger charge is -2.07. The molecule has 0 bridgehead atoms. The molecule has 6 nitrogen and oxygen atoms in total. The first-order chi connectivity index (χ1) is 13.1. The molecule has 1 aromatic heterocycles. The SMILES string of the molecule is COc1ccc(C=CC(=O)OCC(=O)c2cc3ccccc3o2)cc1OC. The number of fused-ring (bicyclic) bond motifs is 1. The predicted octanol–water partition coefficient (Wildman–Crippen LogP) is 3.89. The van der Waals surface area contributed by atoms with E-state index in [1.54, 1.807) is 43.5 Å². The molecule has 138 valence electrons. The second-order valence-corrected chi connectivity index (χ2v) is 5.63. The third kappa shape index (κ3) is 4.36. The number of esters is 1. The van der Waals surface area contributed by atoms with Gasteiger partial charge in [0.15, 0.2) is 23.9 Å². The molecule has 0 atom stereocenters. The maximum atomic E-state index is 12.1. The summed E-state index contributed by atoms with van der Waals surface area (Å²) in [5, 5.41) is 0.820. The van der Waals surface area contributed by atoms with Crippen LogP contribution in [0.2, 0.25) is 0 Å². The largest absolute Gasteiger partial charge is 0.493 e. The molecule has 0 fully saturated rings. The van der Waals surface area contributed by atoms with E-state index < -0.39 is 18.4 Å². The van der Waals surface area contributed by atoms with Crippen LogP contribution in [0.3, 0.4) is 0 Å². The van der Waals surface area contributed by atoms with Gasteiger partial charge in [0.1, 0.15) is 5.58 Å². The van der Waals surface area contributed by atoms with Gasteiger partial charge in [0.05, 0.1) is 14.2 Å². The van der Waals surface area contributed by atoms with Crippen molar-refractivity contribution >= 4 is 28.8 Å². The standard InChI is InChI=1S/C21H18O6/c1-24-18-9-7-14(11-20(18)25-2)8-10-21(23)26-13-16(22)19-12-15-5-3-4-6-17(15)27-19/h3-12H,13H2,1-2H3. The molecule has 0 N–H and O–H groups in total. The van der Waals surface area contributed by atoms with Gasteiger partial charge in [0.25, 0.3) is 0 Å². The molecule has 0 unspecified atom stereocenters. The summed E-state index contributed by atoms with van der Waals surface area (Å²) in [5.74, 6) is 0.267. The van der Waals surface area contributed by atoms with Crippen LogP contribution in [-0.4, -0.2) is 32.6 Å². The molecule has 27 heavy (non-hydrogen) atoms. The van der Waals surface area contributed by atoms with E-state index in [0.29, 0.717) is 17.1 Å². The fraction of sp³-hybridized carbons (Fsp3) is 0.143. The van der Waals surface area contributed by atoms with E-state index in [1.807, 2.05) is 18.2 Å². The Hall–Kier alpha value is -3.54. The molecule has 0 aliphatic carbocycles. The zero-order valence-corrected chi connectivity index (χ0v) is 14.9. The number of hydrogen-bond donors (Lipinski definition) is 0. The summed E-state index contributed by atoms with van der Waals surface area (Å²) in [5.41, 5.74) is 1.34. The van der Waals surface area contributed by atoms with E-state index in [9.17, 15) is 9.59 Å². The van der Waals surface area contributed by atoms with Gasteiger partial charge in [-0.05, 0) is 35.9 Å². The lowest BCUT2D eigenvalue weighted by Crippen LogP contribution is -2.11. The number of carbonyl (C=O) groups excluding carboxylic acids is 2. The highest BCUT2D eigenvalue weighted by atomic mass is 16.5. The Labute approximate surface area is 155 Å². The van der Waals surface area contributed by atoms with Crippen LogP contribution in [0, 0.1) is 0 Å². The lowest BCUT2D eigenvalue weighted by atomic mass is 10.2. The Morgan fingerprint density at radius 2 is 1.78 bits per heavy atom. The van der Waals surface area contributed by atoms with Crippen LogP contribution in [0.1, 0.15) is 16.1 Å². The average Bonchev–Trinajstić information content (AvgIpc) is 3.14. The number of Topliss-reactive ketones (excluding diaryl/α,β-unsaturated/α-hetero) is 1. The molecular weight excluding hydrogens is 348 g/mol. The van der Waals surface area contributed by atoms with Crippen LogP contribution in [0.4, 0.5) is 0 Å². The predicted molar refractivity (Wildman–Crippen MR) is 100 cm³/mol. The monoisotopic (exact) mass is 366 g/mol. The van der Waals surface area contributed by atoms with Crippen LogP contribution in [0.5, 0.6) is 11.5 Å². The minimum absolute atomic E-state index is 0.160. The summed E-state index contributed by atoms with van der Waals surface area (Å²) >= 11 is 0. The summed E-state index contributed by atoms with van der Waals surface area (Å²) in [6.45, 7) is -0.394. The third-order valence-electron chi connectivity index (χ3n) is 3.87. The maximum absolute atomic E-state index is 12.1. The average molecular weight is 366 g/mol. The number of para-hydroxylation sites is 1. The number of ketones is 1. The van der Waals surface area contributed by atoms with E-state index in [4.69, 9.17) is 18.6 Å². The number of rotatable bonds is 7. The van der Waals surface area contributed by atoms with Crippen molar-refractivity contribution in [3.05, 3.63) is 65.9 Å². The zero-order valence-electron chi connectivity index (χ0n) is 14.9. The number of benzene rings is 2. The first-order valence-electron chi connectivity index (χ1n) is 8.19. The quantitative estimate of drug-likeness (QED) is 0.359. The summed E-state index contributed by atoms with van der Waals surface area (Å²) < 4.78 is 20.8. The van der Waals surface area contributed by atoms with Gasteiger partial charge in [-0.1, -0.05) is 24.3 Å². The van der Waals surface area contributed by atoms with Gasteiger partial charge >= 0.3 is 5.97 Å². The van der Waals surface area contributed by atoms with Gasteiger partial charge in [0.2, 0.25) is 5.78 Å². The van der Waals surface area contributed by atoms with Gasteiger partial charge in [0, 0.05) is 11.5 Å². The Balaban J connectivity index is 1.59. The van der Waals surface area contributed by atoms with Crippen LogP contribution < -0.4 is 9.47 Å². The maximum Gasteiger partial charge on any atom is 0.331 e. The van der Waals surface area contributed by atoms with Crippen molar-refractivity contribution in [1.82, 2.24) is 0 Å². The first-order valence-corrected chi connectivity index (χ1v) is 8.19. The van der Waals surface area contributed by atoms with Gasteiger partial charge in [-0.25, -0.2) is 4.79 Å². The second kappa shape index (κ2) is 8.23. The van der Waals surface area contributed by atoms with Crippen LogP contribution in [0.25, 0.3) is 17.0 Å². The Kier molecular flexibility index (Phi) is 5.56. The van der Waals surface area contributed by atoms with Gasteiger partial charge in [-0.15, -0.1) is 0 Å². The van der Waals surface area contributed by atoms with Crippen LogP contribution in [-0.2, 0) is 9.53 Å². The van der Waals surface area contributed by atoms with Crippen LogP contribution in [0.15, 0.2) is 59.0 Å². The molecule has 0 saturated carbocycles. The minimum atomic E-state index is -0.630. The molecular formula is C21H18O6. The summed E-state index contributed by atoms with van der Waals surface area (Å²) in [7, 11) is 3.08. The van der Waals surface area contributed by atoms with Crippen LogP contribution >= 0.6 is 0 Å². The van der Waals surface area contributed by atoms with Crippen molar-refractivity contribution in [3.8, 4) is 11.5 Å². The van der Waals surface area contributed by atoms with Gasteiger partial charge < -0.3 is 18.6 Å². The molecule has 3 aromatic rings. The Morgan fingerprint density at radius 3 is 2.52 bits per heavy atom. The topological polar surface area (TPSA) is 75.0 Å². The zero-order chi connectivity index (χ0) is 19.2. The number of hydrogen-bond acceptors (Lipinski definition) is 6. The van der Waals surface area contributed by atoms with Gasteiger partial charge in [-0.2, -0.15) is 0 Å². The number of furan rings is 1. The first kappa shape index (κ1) is 18.3. The summed E-state index contributed by atoms with van der Waals surface area (Å²) in [4.78, 5) is 24.0. The van der Waals surface area contributed by atoms with E-state index in [2.05, 4.69) is 0 Å². The minimum Gasteiger partial charge on any atom is -0.493 e. The van der Waals surface area contributed by atoms with E-state index in [0.717, 1.165) is 10.9 Å². The summed E-state index contributed by atoms with van der Waals surface area (Å²) in [6, 6.07) is 14.1. The molecule has 3 rings (SSSR count). The fourth-order valence-electron chi connectivity index (χ4n) is 2.50. The molecule has 0 saturated heterocycles. The molecule has 1 heterocycles. The summed E-state index contributed by atoms with van der Waals surface area (Å²) in [6.07, 6.45) is 2.81. The van der Waals surface area contributed by atoms with E-state index >= 15 is 0 Å². The van der Waals surface area contributed by atoms with E-state index in [1.165, 1.54) is 13.2 Å². The normalized spacial score (nSPS) is 10.9. The van der Waals surface area contributed by atoms with Crippen molar-refractivity contribution in [1.29, 1.82) is 0 Å². The highest BCUT2D eigenvalue weighted by molar-refractivity contribution is 5.99. The van der Waals surface area contributed by atoms with Crippen molar-refractivity contribution in [2.75, 3.05) is 20.8 Å². The smallest absolute Gasteiger partial charge is 0.331 e.